The van der Waals surface area contributed by atoms with Crippen LogP contribution in [0, 0.1) is 0 Å². The number of hydrogen-bond donors (Lipinski definition) is 1. The molecule has 16 heavy (non-hydrogen) atoms. The molecule has 0 atom stereocenters. The van der Waals surface area contributed by atoms with E-state index in [4.69, 9.17) is 16.7 Å². The van der Waals surface area contributed by atoms with E-state index in [9.17, 15) is 4.79 Å². The van der Waals surface area contributed by atoms with Crippen LogP contribution in [0.3, 0.4) is 0 Å². The average Bonchev–Trinajstić information content (AvgIpc) is 2.28. The maximum absolute atomic E-state index is 12.0. The molecule has 1 aromatic carbocycles. The second-order valence-electron chi connectivity index (χ2n) is 3.45. The van der Waals surface area contributed by atoms with Gasteiger partial charge in [0, 0.05) is 13.2 Å². The first-order valence-corrected chi connectivity index (χ1v) is 5.36. The SMILES string of the molecule is O=c1c2c(Cl)cccc2ncn1CCCO. The molecule has 0 unspecified atom stereocenters. The number of nitrogens with zero attached hydrogens (tertiary/aromatic N) is 2. The molecule has 0 aliphatic rings. The van der Waals surface area contributed by atoms with Gasteiger partial charge >= 0.3 is 0 Å². The van der Waals surface area contributed by atoms with Crippen molar-refractivity contribution in [1.82, 2.24) is 9.55 Å². The molecule has 0 fully saturated rings. The lowest BCUT2D eigenvalue weighted by Crippen LogP contribution is -2.21. The predicted octanol–water partition coefficient (Wildman–Crippen LogP) is 1.43. The highest BCUT2D eigenvalue weighted by molar-refractivity contribution is 6.35. The molecule has 0 aliphatic heterocycles. The van der Waals surface area contributed by atoms with Crippen molar-refractivity contribution in [3.63, 3.8) is 0 Å². The molecule has 0 saturated carbocycles. The summed E-state index contributed by atoms with van der Waals surface area (Å²) in [5, 5.41) is 9.57. The molecule has 0 radical (unpaired) electrons. The van der Waals surface area contributed by atoms with Crippen LogP contribution in [0.1, 0.15) is 6.42 Å². The quantitative estimate of drug-likeness (QED) is 0.880. The van der Waals surface area contributed by atoms with E-state index in [2.05, 4.69) is 4.98 Å². The Morgan fingerprint density at radius 2 is 2.25 bits per heavy atom. The van der Waals surface area contributed by atoms with Crippen LogP contribution >= 0.6 is 11.6 Å². The van der Waals surface area contributed by atoms with E-state index >= 15 is 0 Å². The molecule has 1 aromatic heterocycles. The zero-order chi connectivity index (χ0) is 11.5. The largest absolute Gasteiger partial charge is 0.396 e. The fourth-order valence-electron chi connectivity index (χ4n) is 1.56. The number of hydrogen-bond acceptors (Lipinski definition) is 3. The first kappa shape index (κ1) is 11.1. The molecular weight excluding hydrogens is 228 g/mol. The molecule has 2 aromatic rings. The normalized spacial score (nSPS) is 10.9. The van der Waals surface area contributed by atoms with Crippen molar-refractivity contribution in [1.29, 1.82) is 0 Å². The monoisotopic (exact) mass is 238 g/mol. The summed E-state index contributed by atoms with van der Waals surface area (Å²) >= 11 is 5.97. The summed E-state index contributed by atoms with van der Waals surface area (Å²) < 4.78 is 1.46. The van der Waals surface area contributed by atoms with Crippen molar-refractivity contribution in [3.05, 3.63) is 39.9 Å². The number of aromatic nitrogens is 2. The van der Waals surface area contributed by atoms with Gasteiger partial charge in [-0.2, -0.15) is 0 Å². The van der Waals surface area contributed by atoms with E-state index < -0.39 is 0 Å². The van der Waals surface area contributed by atoms with Gasteiger partial charge in [0.1, 0.15) is 0 Å². The van der Waals surface area contributed by atoms with Crippen molar-refractivity contribution in [2.24, 2.45) is 0 Å². The molecule has 0 aliphatic carbocycles. The summed E-state index contributed by atoms with van der Waals surface area (Å²) in [6, 6.07) is 5.18. The van der Waals surface area contributed by atoms with E-state index in [-0.39, 0.29) is 12.2 Å². The number of halogens is 1. The molecule has 0 amide bonds. The van der Waals surface area contributed by atoms with Crippen molar-refractivity contribution in [2.75, 3.05) is 6.61 Å². The molecule has 84 valence electrons. The highest BCUT2D eigenvalue weighted by atomic mass is 35.5. The minimum atomic E-state index is -0.163. The van der Waals surface area contributed by atoms with Crippen molar-refractivity contribution in [3.8, 4) is 0 Å². The Bertz CT molecular complexity index is 565. The number of aliphatic hydroxyl groups excluding tert-OH is 1. The number of aliphatic hydroxyl groups is 1. The van der Waals surface area contributed by atoms with Gasteiger partial charge in [-0.25, -0.2) is 4.98 Å². The molecule has 0 spiro atoms. The number of aryl methyl sites for hydroxylation is 1. The summed E-state index contributed by atoms with van der Waals surface area (Å²) in [6.07, 6.45) is 2.01. The van der Waals surface area contributed by atoms with Crippen molar-refractivity contribution in [2.45, 2.75) is 13.0 Å². The number of benzene rings is 1. The Kier molecular flexibility index (Phi) is 3.22. The molecule has 4 nitrogen and oxygen atoms in total. The topological polar surface area (TPSA) is 55.1 Å². The smallest absolute Gasteiger partial charge is 0.262 e. The average molecular weight is 239 g/mol. The van der Waals surface area contributed by atoms with Gasteiger partial charge in [-0.3, -0.25) is 9.36 Å². The second kappa shape index (κ2) is 4.63. The van der Waals surface area contributed by atoms with E-state index in [0.717, 1.165) is 0 Å². The number of fused-ring (bicyclic) bond motifs is 1. The zero-order valence-electron chi connectivity index (χ0n) is 8.56. The molecule has 0 bridgehead atoms. The minimum Gasteiger partial charge on any atom is -0.396 e. The van der Waals surface area contributed by atoms with Gasteiger partial charge in [-0.1, -0.05) is 17.7 Å². The van der Waals surface area contributed by atoms with Crippen LogP contribution in [0.5, 0.6) is 0 Å². The summed E-state index contributed by atoms with van der Waals surface area (Å²) in [5.41, 5.74) is 0.432. The first-order chi connectivity index (χ1) is 7.74. The van der Waals surface area contributed by atoms with Crippen LogP contribution in [0.4, 0.5) is 0 Å². The van der Waals surface area contributed by atoms with Gasteiger partial charge < -0.3 is 5.11 Å². The molecular formula is C11H11ClN2O2. The van der Waals surface area contributed by atoms with Crippen LogP contribution in [-0.2, 0) is 6.54 Å². The van der Waals surface area contributed by atoms with Gasteiger partial charge in [-0.15, -0.1) is 0 Å². The molecule has 0 saturated heterocycles. The summed E-state index contributed by atoms with van der Waals surface area (Å²) in [4.78, 5) is 16.2. The fourth-order valence-corrected chi connectivity index (χ4v) is 1.81. The highest BCUT2D eigenvalue weighted by Crippen LogP contribution is 2.17. The van der Waals surface area contributed by atoms with E-state index in [1.54, 1.807) is 18.2 Å². The van der Waals surface area contributed by atoms with Crippen LogP contribution < -0.4 is 5.56 Å². The van der Waals surface area contributed by atoms with Gasteiger partial charge in [-0.05, 0) is 18.6 Å². The summed E-state index contributed by atoms with van der Waals surface area (Å²) in [5.74, 6) is 0. The minimum absolute atomic E-state index is 0.0486. The lowest BCUT2D eigenvalue weighted by molar-refractivity contribution is 0.279. The van der Waals surface area contributed by atoms with E-state index in [1.165, 1.54) is 10.9 Å². The van der Waals surface area contributed by atoms with Crippen LogP contribution in [0.25, 0.3) is 10.9 Å². The van der Waals surface area contributed by atoms with Gasteiger partial charge in [0.25, 0.3) is 5.56 Å². The third-order valence-corrected chi connectivity index (χ3v) is 2.67. The number of rotatable bonds is 3. The third-order valence-electron chi connectivity index (χ3n) is 2.36. The Labute approximate surface area is 97.1 Å². The molecule has 2 rings (SSSR count). The standard InChI is InChI=1S/C11H11ClN2O2/c12-8-3-1-4-9-10(8)11(16)14(7-13-9)5-2-6-15/h1,3-4,7,15H,2,5-6H2. The van der Waals surface area contributed by atoms with E-state index in [1.807, 2.05) is 0 Å². The summed E-state index contributed by atoms with van der Waals surface area (Å²) in [6.45, 7) is 0.497. The molecule has 1 N–H and O–H groups in total. The maximum atomic E-state index is 12.0. The van der Waals surface area contributed by atoms with Gasteiger partial charge in [0.2, 0.25) is 0 Å². The molecule has 1 heterocycles. The highest BCUT2D eigenvalue weighted by Gasteiger charge is 2.06. The van der Waals surface area contributed by atoms with Crippen molar-refractivity contribution < 1.29 is 5.11 Å². The zero-order valence-corrected chi connectivity index (χ0v) is 9.31. The first-order valence-electron chi connectivity index (χ1n) is 4.98. The fraction of sp³-hybridized carbons (Fsp3) is 0.273. The van der Waals surface area contributed by atoms with Crippen molar-refractivity contribution >= 4 is 22.5 Å². The Hall–Kier alpha value is -1.39. The van der Waals surface area contributed by atoms with E-state index in [0.29, 0.717) is 28.9 Å². The lowest BCUT2D eigenvalue weighted by Gasteiger charge is -2.05. The Morgan fingerprint density at radius 1 is 1.44 bits per heavy atom. The Morgan fingerprint density at radius 3 is 3.00 bits per heavy atom. The van der Waals surface area contributed by atoms with Gasteiger partial charge in [0.05, 0.1) is 22.3 Å². The predicted molar refractivity (Wildman–Crippen MR) is 62.7 cm³/mol. The van der Waals surface area contributed by atoms with Crippen LogP contribution in [-0.4, -0.2) is 21.3 Å². The maximum Gasteiger partial charge on any atom is 0.262 e. The molecule has 5 heteroatoms. The summed E-state index contributed by atoms with van der Waals surface area (Å²) in [7, 11) is 0. The van der Waals surface area contributed by atoms with Crippen LogP contribution in [0.2, 0.25) is 5.02 Å². The third kappa shape index (κ3) is 1.94. The van der Waals surface area contributed by atoms with Crippen LogP contribution in [0.15, 0.2) is 29.3 Å². The van der Waals surface area contributed by atoms with Gasteiger partial charge in [0.15, 0.2) is 0 Å². The lowest BCUT2D eigenvalue weighted by atomic mass is 10.2. The Balaban J connectivity index is 2.60. The second-order valence-corrected chi connectivity index (χ2v) is 3.86.